The molecule has 1 heterocycles. The molecule has 0 unspecified atom stereocenters. The van der Waals surface area contributed by atoms with Crippen molar-refractivity contribution in [1.29, 1.82) is 0 Å². The van der Waals surface area contributed by atoms with Gasteiger partial charge in [0.15, 0.2) is 0 Å². The van der Waals surface area contributed by atoms with Gasteiger partial charge in [0.2, 0.25) is 10.0 Å². The number of nitrogens with one attached hydrogen (secondary N) is 3. The van der Waals surface area contributed by atoms with Crippen LogP contribution in [0.3, 0.4) is 0 Å². The van der Waals surface area contributed by atoms with E-state index >= 15 is 0 Å². The van der Waals surface area contributed by atoms with Gasteiger partial charge in [-0.1, -0.05) is 0 Å². The normalized spacial score (nSPS) is 16.3. The lowest BCUT2D eigenvalue weighted by molar-refractivity contribution is 0.573. The van der Waals surface area contributed by atoms with Crippen LogP contribution in [0.2, 0.25) is 0 Å². The Balaban J connectivity index is 1.75. The molecule has 0 aromatic carbocycles. The van der Waals surface area contributed by atoms with Crippen LogP contribution in [-0.4, -0.2) is 37.7 Å². The van der Waals surface area contributed by atoms with Gasteiger partial charge in [0, 0.05) is 12.6 Å². The summed E-state index contributed by atoms with van der Waals surface area (Å²) in [6.45, 7) is 3.00. The minimum absolute atomic E-state index is 0.229. The molecule has 1 fully saturated rings. The molecule has 3 N–H and O–H groups in total. The van der Waals surface area contributed by atoms with Crippen LogP contribution in [0.15, 0.2) is 11.1 Å². The third kappa shape index (κ3) is 3.52. The van der Waals surface area contributed by atoms with Gasteiger partial charge in [-0.25, -0.2) is 13.1 Å². The van der Waals surface area contributed by atoms with Crippen molar-refractivity contribution < 1.29 is 8.42 Å². The fourth-order valence-corrected chi connectivity index (χ4v) is 2.79. The van der Waals surface area contributed by atoms with Crippen LogP contribution < -0.4 is 10.0 Å². The van der Waals surface area contributed by atoms with Crippen molar-refractivity contribution in [1.82, 2.24) is 20.2 Å². The molecule has 0 bridgehead atoms. The summed E-state index contributed by atoms with van der Waals surface area (Å²) in [6.07, 6.45) is 4.63. The van der Waals surface area contributed by atoms with Gasteiger partial charge in [-0.15, -0.1) is 0 Å². The summed E-state index contributed by atoms with van der Waals surface area (Å²) in [6, 6.07) is 0.669. The summed E-state index contributed by atoms with van der Waals surface area (Å²) in [7, 11) is -3.40. The molecule has 0 atom stereocenters. The lowest BCUT2D eigenvalue weighted by Crippen LogP contribution is -2.28. The highest BCUT2D eigenvalue weighted by atomic mass is 32.2. The van der Waals surface area contributed by atoms with Crippen LogP contribution in [0.25, 0.3) is 0 Å². The molecular weight excluding hydrogens is 240 g/mol. The van der Waals surface area contributed by atoms with Crippen LogP contribution >= 0.6 is 0 Å². The first kappa shape index (κ1) is 12.5. The number of rotatable bonds is 7. The maximum absolute atomic E-state index is 11.8. The van der Waals surface area contributed by atoms with Crippen LogP contribution in [0.1, 0.15) is 25.0 Å². The fourth-order valence-electron chi connectivity index (χ4n) is 1.58. The first-order valence-electron chi connectivity index (χ1n) is 5.82. The standard InChI is InChI=1S/C10H18N4O2S/c1-8-10(7-12-14-8)17(15,16)13-6-2-5-11-9-3-4-9/h7,9,11,13H,2-6H2,1H3,(H,12,14). The summed E-state index contributed by atoms with van der Waals surface area (Å²) in [5.41, 5.74) is 0.564. The highest BCUT2D eigenvalue weighted by molar-refractivity contribution is 7.89. The molecule has 0 radical (unpaired) electrons. The molecule has 1 aliphatic rings. The molecule has 6 nitrogen and oxygen atoms in total. The fraction of sp³-hybridized carbons (Fsp3) is 0.700. The molecule has 1 aromatic rings. The number of hydrogen-bond donors (Lipinski definition) is 3. The van der Waals surface area contributed by atoms with Crippen LogP contribution in [0.5, 0.6) is 0 Å². The summed E-state index contributed by atoms with van der Waals surface area (Å²) >= 11 is 0. The number of aryl methyl sites for hydroxylation is 1. The minimum Gasteiger partial charge on any atom is -0.314 e. The van der Waals surface area contributed by atoms with E-state index in [4.69, 9.17) is 0 Å². The van der Waals surface area contributed by atoms with E-state index in [9.17, 15) is 8.42 Å². The lowest BCUT2D eigenvalue weighted by Gasteiger charge is -2.06. The third-order valence-corrected chi connectivity index (χ3v) is 4.30. The zero-order valence-electron chi connectivity index (χ0n) is 9.86. The largest absolute Gasteiger partial charge is 0.314 e. The Morgan fingerprint density at radius 2 is 2.24 bits per heavy atom. The Hall–Kier alpha value is -0.920. The predicted molar refractivity (Wildman–Crippen MR) is 64.2 cm³/mol. The van der Waals surface area contributed by atoms with Crippen molar-refractivity contribution in [2.75, 3.05) is 13.1 Å². The van der Waals surface area contributed by atoms with Gasteiger partial charge in [-0.2, -0.15) is 5.10 Å². The molecule has 1 aliphatic carbocycles. The molecule has 1 aromatic heterocycles. The second-order valence-corrected chi connectivity index (χ2v) is 6.07. The summed E-state index contributed by atoms with van der Waals surface area (Å²) < 4.78 is 26.2. The van der Waals surface area contributed by atoms with E-state index in [0.29, 0.717) is 18.3 Å². The second kappa shape index (κ2) is 5.16. The zero-order chi connectivity index (χ0) is 12.3. The van der Waals surface area contributed by atoms with Gasteiger partial charge in [0.1, 0.15) is 4.90 Å². The van der Waals surface area contributed by atoms with Gasteiger partial charge in [0.25, 0.3) is 0 Å². The Bertz CT molecular complexity index is 464. The van der Waals surface area contributed by atoms with E-state index in [2.05, 4.69) is 20.2 Å². The van der Waals surface area contributed by atoms with Crippen molar-refractivity contribution in [3.05, 3.63) is 11.9 Å². The highest BCUT2D eigenvalue weighted by Gasteiger charge is 2.20. The summed E-state index contributed by atoms with van der Waals surface area (Å²) in [4.78, 5) is 0.229. The molecule has 0 saturated heterocycles. The average Bonchev–Trinajstić information content (AvgIpc) is 2.98. The van der Waals surface area contributed by atoms with E-state index < -0.39 is 10.0 Å². The van der Waals surface area contributed by atoms with Crippen molar-refractivity contribution in [3.63, 3.8) is 0 Å². The van der Waals surface area contributed by atoms with Gasteiger partial charge >= 0.3 is 0 Å². The first-order chi connectivity index (χ1) is 8.09. The maximum Gasteiger partial charge on any atom is 0.243 e. The predicted octanol–water partition coefficient (Wildman–Crippen LogP) is 0.139. The molecule has 1 saturated carbocycles. The SMILES string of the molecule is Cc1[nH]ncc1S(=O)(=O)NCCCNC1CC1. The number of hydrogen-bond acceptors (Lipinski definition) is 4. The zero-order valence-corrected chi connectivity index (χ0v) is 10.7. The summed E-state index contributed by atoms with van der Waals surface area (Å²) in [5.74, 6) is 0. The molecule has 17 heavy (non-hydrogen) atoms. The minimum atomic E-state index is -3.40. The Labute approximate surface area is 101 Å². The Morgan fingerprint density at radius 1 is 1.47 bits per heavy atom. The van der Waals surface area contributed by atoms with E-state index in [-0.39, 0.29) is 4.90 Å². The molecular formula is C10H18N4O2S. The summed E-state index contributed by atoms with van der Waals surface area (Å²) in [5, 5.41) is 9.66. The number of aromatic amines is 1. The molecule has 0 spiro atoms. The maximum atomic E-state index is 11.8. The number of H-pyrrole nitrogens is 1. The van der Waals surface area contributed by atoms with Crippen molar-refractivity contribution >= 4 is 10.0 Å². The molecule has 96 valence electrons. The third-order valence-electron chi connectivity index (χ3n) is 2.73. The van der Waals surface area contributed by atoms with E-state index in [1.54, 1.807) is 6.92 Å². The number of nitrogens with zero attached hydrogens (tertiary/aromatic N) is 1. The Kier molecular flexibility index (Phi) is 3.80. The molecule has 0 aliphatic heterocycles. The van der Waals surface area contributed by atoms with Gasteiger partial charge < -0.3 is 5.32 Å². The quantitative estimate of drug-likeness (QED) is 0.607. The number of aromatic nitrogens is 2. The highest BCUT2D eigenvalue weighted by Crippen LogP contribution is 2.18. The van der Waals surface area contributed by atoms with Crippen molar-refractivity contribution in [3.8, 4) is 0 Å². The molecule has 0 amide bonds. The van der Waals surface area contributed by atoms with Gasteiger partial charge in [-0.05, 0) is 32.7 Å². The number of sulfonamides is 1. The van der Waals surface area contributed by atoms with Crippen LogP contribution in [0, 0.1) is 6.92 Å². The van der Waals surface area contributed by atoms with E-state index in [1.807, 2.05) is 0 Å². The molecule has 2 rings (SSSR count). The first-order valence-corrected chi connectivity index (χ1v) is 7.31. The Morgan fingerprint density at radius 3 is 2.82 bits per heavy atom. The van der Waals surface area contributed by atoms with Crippen LogP contribution in [-0.2, 0) is 10.0 Å². The van der Waals surface area contributed by atoms with E-state index in [1.165, 1.54) is 19.0 Å². The van der Waals surface area contributed by atoms with Gasteiger partial charge in [0.05, 0.1) is 11.9 Å². The van der Waals surface area contributed by atoms with Crippen LogP contribution in [0.4, 0.5) is 0 Å². The lowest BCUT2D eigenvalue weighted by atomic mass is 10.4. The second-order valence-electron chi connectivity index (χ2n) is 4.34. The van der Waals surface area contributed by atoms with Crippen molar-refractivity contribution in [2.45, 2.75) is 37.1 Å². The topological polar surface area (TPSA) is 86.9 Å². The smallest absolute Gasteiger partial charge is 0.243 e. The average molecular weight is 258 g/mol. The molecule has 7 heteroatoms. The van der Waals surface area contributed by atoms with E-state index in [0.717, 1.165) is 13.0 Å². The van der Waals surface area contributed by atoms with Gasteiger partial charge in [-0.3, -0.25) is 5.10 Å². The van der Waals surface area contributed by atoms with Crippen molar-refractivity contribution in [2.24, 2.45) is 0 Å². The monoisotopic (exact) mass is 258 g/mol.